The number of ether oxygens (including phenoxy) is 1. The Morgan fingerprint density at radius 2 is 1.50 bits per heavy atom. The van der Waals surface area contributed by atoms with E-state index in [4.69, 9.17) is 4.74 Å². The van der Waals surface area contributed by atoms with Crippen molar-refractivity contribution < 1.29 is 20.1 Å². The Labute approximate surface area is 187 Å². The molecule has 0 unspecified atom stereocenters. The number of aliphatic hydroxyl groups is 3. The van der Waals surface area contributed by atoms with E-state index in [0.29, 0.717) is 19.6 Å². The van der Waals surface area contributed by atoms with E-state index in [9.17, 15) is 15.3 Å². The van der Waals surface area contributed by atoms with Crippen LogP contribution in [0.1, 0.15) is 24.0 Å². The minimum absolute atomic E-state index is 0.176. The van der Waals surface area contributed by atoms with Crippen LogP contribution < -0.4 is 0 Å². The molecule has 0 amide bonds. The molecule has 0 aromatic carbocycles. The summed E-state index contributed by atoms with van der Waals surface area (Å²) in [5, 5.41) is 38.1. The molecule has 10 nitrogen and oxygen atoms in total. The van der Waals surface area contributed by atoms with Gasteiger partial charge in [-0.15, -0.1) is 5.10 Å². The van der Waals surface area contributed by atoms with Gasteiger partial charge >= 0.3 is 0 Å². The van der Waals surface area contributed by atoms with Gasteiger partial charge in [0, 0.05) is 45.3 Å². The molecule has 0 aliphatic heterocycles. The zero-order valence-corrected chi connectivity index (χ0v) is 18.3. The standard InChI is InChI=1S/C22H30N6O4/c1-16(29)21(30)22(31)20(32-2)15-28-14-19(25-26-28)13-27(11-17-7-3-5-9-23-17)12-18-8-4-6-10-24-18/h3-10,14,16,20-22,29-31H,11-13,15H2,1-2H3/t16-,20+,21+,22-/m0/s1. The largest absolute Gasteiger partial charge is 0.391 e. The summed E-state index contributed by atoms with van der Waals surface area (Å²) < 4.78 is 6.86. The minimum atomic E-state index is -1.32. The van der Waals surface area contributed by atoms with Crippen LogP contribution >= 0.6 is 0 Å². The first-order valence-electron chi connectivity index (χ1n) is 10.4. The van der Waals surface area contributed by atoms with Gasteiger partial charge in [0.2, 0.25) is 0 Å². The van der Waals surface area contributed by atoms with Crippen LogP contribution in [0, 0.1) is 0 Å². The predicted molar refractivity (Wildman–Crippen MR) is 116 cm³/mol. The van der Waals surface area contributed by atoms with Gasteiger partial charge in [-0.05, 0) is 31.2 Å². The fourth-order valence-electron chi connectivity index (χ4n) is 3.35. The molecule has 0 radical (unpaired) electrons. The number of hydrogen-bond acceptors (Lipinski definition) is 9. The monoisotopic (exact) mass is 442 g/mol. The molecule has 3 N–H and O–H groups in total. The van der Waals surface area contributed by atoms with Crippen LogP contribution in [-0.2, 0) is 30.9 Å². The van der Waals surface area contributed by atoms with Crippen LogP contribution in [0.4, 0.5) is 0 Å². The highest BCUT2D eigenvalue weighted by Crippen LogP contribution is 2.13. The van der Waals surface area contributed by atoms with Gasteiger partial charge in [0.25, 0.3) is 0 Å². The van der Waals surface area contributed by atoms with Crippen molar-refractivity contribution in [1.29, 1.82) is 0 Å². The number of aliphatic hydroxyl groups excluding tert-OH is 3. The molecule has 3 rings (SSSR count). The van der Waals surface area contributed by atoms with E-state index in [1.807, 2.05) is 36.4 Å². The van der Waals surface area contributed by atoms with Crippen molar-refractivity contribution in [1.82, 2.24) is 29.9 Å². The number of pyridine rings is 2. The fraction of sp³-hybridized carbons (Fsp3) is 0.455. The molecule has 0 saturated carbocycles. The van der Waals surface area contributed by atoms with Gasteiger partial charge in [-0.2, -0.15) is 0 Å². The van der Waals surface area contributed by atoms with Crippen LogP contribution in [0.3, 0.4) is 0 Å². The number of hydrogen-bond donors (Lipinski definition) is 3. The smallest absolute Gasteiger partial charge is 0.110 e. The van der Waals surface area contributed by atoms with Crippen molar-refractivity contribution in [3.8, 4) is 0 Å². The third kappa shape index (κ3) is 6.87. The molecule has 3 aromatic heterocycles. The summed E-state index contributed by atoms with van der Waals surface area (Å²) in [6.45, 7) is 3.33. The zero-order valence-electron chi connectivity index (χ0n) is 18.3. The van der Waals surface area contributed by atoms with E-state index in [-0.39, 0.29) is 6.54 Å². The Morgan fingerprint density at radius 1 is 0.906 bits per heavy atom. The second kappa shape index (κ2) is 11.7. The normalized spacial score (nSPS) is 15.4. The molecule has 0 aliphatic carbocycles. The van der Waals surface area contributed by atoms with Crippen molar-refractivity contribution in [2.24, 2.45) is 0 Å². The van der Waals surface area contributed by atoms with E-state index < -0.39 is 24.4 Å². The van der Waals surface area contributed by atoms with E-state index >= 15 is 0 Å². The molecule has 3 heterocycles. The maximum Gasteiger partial charge on any atom is 0.110 e. The van der Waals surface area contributed by atoms with Gasteiger partial charge < -0.3 is 20.1 Å². The molecule has 4 atom stereocenters. The average molecular weight is 443 g/mol. The molecule has 172 valence electrons. The topological polar surface area (TPSA) is 130 Å². The Hall–Kier alpha value is -2.76. The molecule has 3 aromatic rings. The molecule has 0 saturated heterocycles. The highest BCUT2D eigenvalue weighted by Gasteiger charge is 2.30. The zero-order chi connectivity index (χ0) is 22.9. The molecule has 0 aliphatic rings. The summed E-state index contributed by atoms with van der Waals surface area (Å²) in [6.07, 6.45) is 0.878. The lowest BCUT2D eigenvalue weighted by atomic mass is 10.0. The van der Waals surface area contributed by atoms with E-state index in [1.165, 1.54) is 14.0 Å². The summed E-state index contributed by atoms with van der Waals surface area (Å²) in [5.74, 6) is 0. The first-order valence-corrected chi connectivity index (χ1v) is 10.4. The summed E-state index contributed by atoms with van der Waals surface area (Å²) in [5.41, 5.74) is 2.60. The van der Waals surface area contributed by atoms with Gasteiger partial charge in [-0.25, -0.2) is 4.68 Å². The first kappa shape index (κ1) is 23.9. The SMILES string of the molecule is CO[C@H](Cn1cc(CN(Cc2ccccn2)Cc2ccccn2)nn1)[C@H](O)[C@H](O)[C@H](C)O. The summed E-state index contributed by atoms with van der Waals surface area (Å²) in [6, 6.07) is 11.6. The molecule has 10 heteroatoms. The summed E-state index contributed by atoms with van der Waals surface area (Å²) >= 11 is 0. The molecular weight excluding hydrogens is 412 g/mol. The van der Waals surface area contributed by atoms with Gasteiger partial charge in [0.05, 0.1) is 29.7 Å². The maximum atomic E-state index is 10.3. The average Bonchev–Trinajstić information content (AvgIpc) is 3.24. The van der Waals surface area contributed by atoms with Crippen LogP contribution in [0.25, 0.3) is 0 Å². The summed E-state index contributed by atoms with van der Waals surface area (Å²) in [4.78, 5) is 11.0. The van der Waals surface area contributed by atoms with Gasteiger partial charge in [0.1, 0.15) is 18.3 Å². The van der Waals surface area contributed by atoms with Crippen LogP contribution in [0.2, 0.25) is 0 Å². The van der Waals surface area contributed by atoms with Crippen molar-refractivity contribution in [2.75, 3.05) is 7.11 Å². The Morgan fingerprint density at radius 3 is 2.00 bits per heavy atom. The molecule has 32 heavy (non-hydrogen) atoms. The molecule has 0 bridgehead atoms. The third-order valence-electron chi connectivity index (χ3n) is 5.09. The number of nitrogens with zero attached hydrogens (tertiary/aromatic N) is 6. The Bertz CT molecular complexity index is 883. The van der Waals surface area contributed by atoms with Gasteiger partial charge in [-0.1, -0.05) is 17.3 Å². The van der Waals surface area contributed by atoms with Crippen molar-refractivity contribution >= 4 is 0 Å². The van der Waals surface area contributed by atoms with Crippen molar-refractivity contribution in [3.05, 3.63) is 72.1 Å². The Kier molecular flexibility index (Phi) is 8.77. The highest BCUT2D eigenvalue weighted by molar-refractivity contribution is 5.07. The first-order chi connectivity index (χ1) is 15.5. The quantitative estimate of drug-likeness (QED) is 0.365. The van der Waals surface area contributed by atoms with E-state index in [0.717, 1.165) is 17.1 Å². The third-order valence-corrected chi connectivity index (χ3v) is 5.09. The van der Waals surface area contributed by atoms with Crippen LogP contribution in [-0.4, -0.2) is 76.7 Å². The lowest BCUT2D eigenvalue weighted by Gasteiger charge is -2.27. The van der Waals surface area contributed by atoms with Crippen molar-refractivity contribution in [3.63, 3.8) is 0 Å². The van der Waals surface area contributed by atoms with Crippen LogP contribution in [0.15, 0.2) is 55.0 Å². The Balaban J connectivity index is 1.68. The number of rotatable bonds is 12. The lowest BCUT2D eigenvalue weighted by molar-refractivity contribution is -0.115. The molecule has 0 fully saturated rings. The highest BCUT2D eigenvalue weighted by atomic mass is 16.5. The molecular formula is C22H30N6O4. The predicted octanol–water partition coefficient (Wildman–Crippen LogP) is 0.388. The molecule has 0 spiro atoms. The van der Waals surface area contributed by atoms with Gasteiger partial charge in [0.15, 0.2) is 0 Å². The van der Waals surface area contributed by atoms with E-state index in [2.05, 4.69) is 25.2 Å². The second-order valence-corrected chi connectivity index (χ2v) is 7.72. The number of aromatic nitrogens is 5. The minimum Gasteiger partial charge on any atom is -0.391 e. The maximum absolute atomic E-state index is 10.3. The number of methoxy groups -OCH3 is 1. The second-order valence-electron chi connectivity index (χ2n) is 7.72. The van der Waals surface area contributed by atoms with E-state index in [1.54, 1.807) is 23.3 Å². The fourth-order valence-corrected chi connectivity index (χ4v) is 3.35. The van der Waals surface area contributed by atoms with Crippen LogP contribution in [0.5, 0.6) is 0 Å². The van der Waals surface area contributed by atoms with Crippen molar-refractivity contribution in [2.45, 2.75) is 57.5 Å². The lowest BCUT2D eigenvalue weighted by Crippen LogP contribution is -2.45. The van der Waals surface area contributed by atoms with Gasteiger partial charge in [-0.3, -0.25) is 14.9 Å². The summed E-state index contributed by atoms with van der Waals surface area (Å²) in [7, 11) is 1.43.